The van der Waals surface area contributed by atoms with Crippen molar-refractivity contribution in [2.24, 2.45) is 0 Å². The zero-order valence-corrected chi connectivity index (χ0v) is 12.7. The minimum absolute atomic E-state index is 0.0978. The molecule has 0 aliphatic rings. The number of carbonyl (C=O) groups is 1. The predicted octanol–water partition coefficient (Wildman–Crippen LogP) is 3.69. The molecule has 3 heteroatoms. The highest BCUT2D eigenvalue weighted by molar-refractivity contribution is 5.97. The van der Waals surface area contributed by atoms with Gasteiger partial charge in [0.1, 0.15) is 11.5 Å². The smallest absolute Gasteiger partial charge is 0.167 e. The summed E-state index contributed by atoms with van der Waals surface area (Å²) in [7, 11) is 3.25. The van der Waals surface area contributed by atoms with Crippen molar-refractivity contribution >= 4 is 5.78 Å². The van der Waals surface area contributed by atoms with E-state index in [1.807, 2.05) is 18.2 Å². The van der Waals surface area contributed by atoms with E-state index in [-0.39, 0.29) is 5.78 Å². The molecule has 2 aromatic rings. The van der Waals surface area contributed by atoms with E-state index in [9.17, 15) is 4.79 Å². The van der Waals surface area contributed by atoms with Crippen molar-refractivity contribution in [3.05, 3.63) is 59.2 Å². The van der Waals surface area contributed by atoms with Crippen LogP contribution < -0.4 is 9.47 Å². The molecule has 0 radical (unpaired) electrons. The van der Waals surface area contributed by atoms with Crippen molar-refractivity contribution in [2.45, 2.75) is 19.8 Å². The summed E-state index contributed by atoms with van der Waals surface area (Å²) in [5.41, 5.74) is 2.90. The van der Waals surface area contributed by atoms with Gasteiger partial charge >= 0.3 is 0 Å². The van der Waals surface area contributed by atoms with E-state index in [2.05, 4.69) is 6.92 Å². The molecule has 0 amide bonds. The maximum absolute atomic E-state index is 12.4. The summed E-state index contributed by atoms with van der Waals surface area (Å²) in [6.45, 7) is 2.09. The molecule has 3 nitrogen and oxygen atoms in total. The first-order valence-electron chi connectivity index (χ1n) is 7.01. The van der Waals surface area contributed by atoms with Gasteiger partial charge in [-0.25, -0.2) is 0 Å². The first-order valence-corrected chi connectivity index (χ1v) is 7.01. The van der Waals surface area contributed by atoms with E-state index >= 15 is 0 Å². The number of aryl methyl sites for hydroxylation is 1. The third kappa shape index (κ3) is 3.63. The van der Waals surface area contributed by atoms with Gasteiger partial charge in [0.15, 0.2) is 5.78 Å². The van der Waals surface area contributed by atoms with Gasteiger partial charge in [-0.2, -0.15) is 0 Å². The van der Waals surface area contributed by atoms with Gasteiger partial charge in [-0.3, -0.25) is 4.79 Å². The van der Waals surface area contributed by atoms with E-state index < -0.39 is 0 Å². The van der Waals surface area contributed by atoms with Crippen molar-refractivity contribution < 1.29 is 14.3 Å². The molecule has 2 rings (SSSR count). The molecule has 0 aromatic heterocycles. The average molecular weight is 284 g/mol. The quantitative estimate of drug-likeness (QED) is 0.759. The number of rotatable bonds is 6. The Bertz CT molecular complexity index is 615. The number of methoxy groups -OCH3 is 2. The van der Waals surface area contributed by atoms with Crippen LogP contribution in [0.15, 0.2) is 42.5 Å². The molecule has 0 saturated heterocycles. The van der Waals surface area contributed by atoms with Crippen LogP contribution in [0.1, 0.15) is 28.4 Å². The summed E-state index contributed by atoms with van der Waals surface area (Å²) >= 11 is 0. The van der Waals surface area contributed by atoms with Crippen LogP contribution in [-0.2, 0) is 12.8 Å². The lowest BCUT2D eigenvalue weighted by atomic mass is 9.97. The molecule has 0 aliphatic heterocycles. The topological polar surface area (TPSA) is 35.5 Å². The Labute approximate surface area is 125 Å². The van der Waals surface area contributed by atoms with E-state index in [1.165, 1.54) is 5.56 Å². The standard InChI is InChI=1S/C18H20O3/c1-4-13-5-10-17(21-3)11-15(13)12-18(19)14-6-8-16(20-2)9-7-14/h5-11H,4,12H2,1-3H3. The van der Waals surface area contributed by atoms with Crippen molar-refractivity contribution in [3.63, 3.8) is 0 Å². The van der Waals surface area contributed by atoms with Crippen LogP contribution in [0, 0.1) is 0 Å². The van der Waals surface area contributed by atoms with Gasteiger partial charge in [-0.05, 0) is 53.9 Å². The van der Waals surface area contributed by atoms with E-state index in [4.69, 9.17) is 9.47 Å². The fourth-order valence-electron chi connectivity index (χ4n) is 2.29. The Morgan fingerprint density at radius 2 is 1.52 bits per heavy atom. The lowest BCUT2D eigenvalue weighted by Crippen LogP contribution is -2.06. The molecular weight excluding hydrogens is 264 g/mol. The molecule has 0 fully saturated rings. The first kappa shape index (κ1) is 15.1. The van der Waals surface area contributed by atoms with Gasteiger partial charge < -0.3 is 9.47 Å². The Kier molecular flexibility index (Phi) is 4.99. The van der Waals surface area contributed by atoms with Crippen molar-refractivity contribution in [1.82, 2.24) is 0 Å². The SMILES string of the molecule is CCc1ccc(OC)cc1CC(=O)c1ccc(OC)cc1. The van der Waals surface area contributed by atoms with Crippen LogP contribution in [0.2, 0.25) is 0 Å². The highest BCUT2D eigenvalue weighted by atomic mass is 16.5. The highest BCUT2D eigenvalue weighted by Gasteiger charge is 2.11. The number of ether oxygens (including phenoxy) is 2. The molecule has 0 atom stereocenters. The normalized spacial score (nSPS) is 10.2. The Morgan fingerprint density at radius 1 is 0.905 bits per heavy atom. The predicted molar refractivity (Wildman–Crippen MR) is 83.4 cm³/mol. The van der Waals surface area contributed by atoms with Crippen LogP contribution in [0.25, 0.3) is 0 Å². The van der Waals surface area contributed by atoms with E-state index in [0.29, 0.717) is 12.0 Å². The summed E-state index contributed by atoms with van der Waals surface area (Å²) in [6, 6.07) is 13.1. The fraction of sp³-hybridized carbons (Fsp3) is 0.278. The Morgan fingerprint density at radius 3 is 2.10 bits per heavy atom. The molecule has 0 spiro atoms. The molecule has 21 heavy (non-hydrogen) atoms. The van der Waals surface area contributed by atoms with Crippen LogP contribution in [0.3, 0.4) is 0 Å². The summed E-state index contributed by atoms with van der Waals surface area (Å²) in [5.74, 6) is 1.63. The molecule has 0 N–H and O–H groups in total. The second-order valence-corrected chi connectivity index (χ2v) is 4.82. The van der Waals surface area contributed by atoms with Crippen molar-refractivity contribution in [2.75, 3.05) is 14.2 Å². The maximum atomic E-state index is 12.4. The molecule has 0 unspecified atom stereocenters. The number of Topliss-reactive ketones (excluding diaryl/α,β-unsaturated/α-hetero) is 1. The maximum Gasteiger partial charge on any atom is 0.167 e. The van der Waals surface area contributed by atoms with Crippen LogP contribution in [-0.4, -0.2) is 20.0 Å². The Hall–Kier alpha value is -2.29. The van der Waals surface area contributed by atoms with Crippen molar-refractivity contribution in [1.29, 1.82) is 0 Å². The minimum atomic E-state index is 0.0978. The summed E-state index contributed by atoms with van der Waals surface area (Å²) in [5, 5.41) is 0. The Balaban J connectivity index is 2.21. The van der Waals surface area contributed by atoms with E-state index in [1.54, 1.807) is 38.5 Å². The molecular formula is C18H20O3. The molecule has 0 heterocycles. The van der Waals surface area contributed by atoms with Gasteiger partial charge in [-0.15, -0.1) is 0 Å². The van der Waals surface area contributed by atoms with Gasteiger partial charge in [0.25, 0.3) is 0 Å². The number of ketones is 1. The number of carbonyl (C=O) groups excluding carboxylic acids is 1. The summed E-state index contributed by atoms with van der Waals surface area (Å²) in [6.07, 6.45) is 1.28. The zero-order chi connectivity index (χ0) is 15.2. The number of hydrogen-bond acceptors (Lipinski definition) is 3. The molecule has 0 aliphatic carbocycles. The molecule has 110 valence electrons. The van der Waals surface area contributed by atoms with Gasteiger partial charge in [-0.1, -0.05) is 13.0 Å². The lowest BCUT2D eigenvalue weighted by molar-refractivity contribution is 0.0992. The fourth-order valence-corrected chi connectivity index (χ4v) is 2.29. The minimum Gasteiger partial charge on any atom is -0.497 e. The largest absolute Gasteiger partial charge is 0.497 e. The van der Waals surface area contributed by atoms with Gasteiger partial charge in [0.2, 0.25) is 0 Å². The van der Waals surface area contributed by atoms with Gasteiger partial charge in [0.05, 0.1) is 14.2 Å². The van der Waals surface area contributed by atoms with Crippen LogP contribution in [0.4, 0.5) is 0 Å². The summed E-state index contributed by atoms with van der Waals surface area (Å²) in [4.78, 5) is 12.4. The molecule has 0 bridgehead atoms. The van der Waals surface area contributed by atoms with Crippen molar-refractivity contribution in [3.8, 4) is 11.5 Å². The lowest BCUT2D eigenvalue weighted by Gasteiger charge is -2.10. The first-order chi connectivity index (χ1) is 10.2. The monoisotopic (exact) mass is 284 g/mol. The number of benzene rings is 2. The third-order valence-corrected chi connectivity index (χ3v) is 3.56. The van der Waals surface area contributed by atoms with Gasteiger partial charge in [0, 0.05) is 12.0 Å². The highest BCUT2D eigenvalue weighted by Crippen LogP contribution is 2.21. The zero-order valence-electron chi connectivity index (χ0n) is 12.7. The molecule has 2 aromatic carbocycles. The molecule has 0 saturated carbocycles. The second kappa shape index (κ2) is 6.93. The van der Waals surface area contributed by atoms with E-state index in [0.717, 1.165) is 23.5 Å². The number of hydrogen-bond donors (Lipinski definition) is 0. The average Bonchev–Trinajstić information content (AvgIpc) is 2.54. The third-order valence-electron chi connectivity index (χ3n) is 3.56. The summed E-state index contributed by atoms with van der Waals surface area (Å²) < 4.78 is 10.4. The second-order valence-electron chi connectivity index (χ2n) is 4.82. The van der Waals surface area contributed by atoms with Crippen LogP contribution >= 0.6 is 0 Å². The van der Waals surface area contributed by atoms with Crippen LogP contribution in [0.5, 0.6) is 11.5 Å².